The average molecular weight is 795 g/mol. The molecule has 0 unspecified atom stereocenters. The third-order valence-electron chi connectivity index (χ3n) is 6.24. The first kappa shape index (κ1) is 38.9. The molecule has 0 heterocycles. The van der Waals surface area contributed by atoms with Gasteiger partial charge in [0, 0.05) is 10.8 Å². The van der Waals surface area contributed by atoms with E-state index in [0.29, 0.717) is 12.0 Å². The molecule has 0 atom stereocenters. The van der Waals surface area contributed by atoms with Gasteiger partial charge in [-0.3, -0.25) is 13.3 Å². The van der Waals surface area contributed by atoms with Crippen LogP contribution in [0.4, 0.5) is 34.1 Å². The highest BCUT2D eigenvalue weighted by Crippen LogP contribution is 2.45. The van der Waals surface area contributed by atoms with Gasteiger partial charge in [-0.15, -0.1) is 24.0 Å². The lowest BCUT2D eigenvalue weighted by Crippen LogP contribution is -2.10. The van der Waals surface area contributed by atoms with Crippen molar-refractivity contribution in [3.05, 3.63) is 60.7 Å². The van der Waals surface area contributed by atoms with Gasteiger partial charge < -0.3 is 11.5 Å². The second-order valence-electron chi connectivity index (χ2n) is 9.26. The zero-order chi connectivity index (χ0) is 36.7. The van der Waals surface area contributed by atoms with Gasteiger partial charge in [-0.05, 0) is 42.5 Å². The largest absolute Gasteiger partial charge is 0.396 e. The van der Waals surface area contributed by atoms with E-state index in [-0.39, 0.29) is 62.2 Å². The number of fused-ring (bicyclic) bond motifs is 1. The molecule has 0 saturated heterocycles. The molecule has 0 amide bonds. The Balaban J connectivity index is 1.72. The Labute approximate surface area is 290 Å². The molecule has 8 N–H and O–H groups in total. The Kier molecular flexibility index (Phi) is 12.8. The van der Waals surface area contributed by atoms with Crippen LogP contribution in [0.15, 0.2) is 101 Å². The lowest BCUT2D eigenvalue weighted by atomic mass is 10.1. The third kappa shape index (κ3) is 9.46. The van der Waals surface area contributed by atoms with Gasteiger partial charge in [0.05, 0.1) is 51.3 Å². The van der Waals surface area contributed by atoms with Crippen molar-refractivity contribution in [2.45, 2.75) is 19.6 Å². The van der Waals surface area contributed by atoms with E-state index >= 15 is 0 Å². The number of nitrogens with two attached hydrogens (primary N) is 2. The third-order valence-corrected chi connectivity index (χ3v) is 10.8. The van der Waals surface area contributed by atoms with Crippen molar-refractivity contribution < 1.29 is 67.8 Å². The molecule has 0 aliphatic heterocycles. The number of nitrogen functional groups attached to an aromatic ring is 2. The lowest BCUT2D eigenvalue weighted by molar-refractivity contribution is -0.434. The van der Waals surface area contributed by atoms with Gasteiger partial charge in [0.15, 0.2) is 22.2 Å². The summed E-state index contributed by atoms with van der Waals surface area (Å²) >= 11 is 0.583. The van der Waals surface area contributed by atoms with Crippen molar-refractivity contribution in [1.29, 1.82) is 0 Å². The van der Waals surface area contributed by atoms with Crippen LogP contribution in [0.2, 0.25) is 0 Å². The van der Waals surface area contributed by atoms with Crippen LogP contribution in [0.25, 0.3) is 10.8 Å². The maximum atomic E-state index is 12.5. The summed E-state index contributed by atoms with van der Waals surface area (Å²) in [7, 11) is -13.5. The smallest absolute Gasteiger partial charge is 0.296 e. The van der Waals surface area contributed by atoms with E-state index in [0.717, 1.165) is 12.1 Å². The highest BCUT2D eigenvalue weighted by atomic mass is 32.2. The molecule has 0 saturated carbocycles. The molecular formula is C24H22N6O15S5. The highest BCUT2D eigenvalue weighted by molar-refractivity contribution is 7.95. The fourth-order valence-electron chi connectivity index (χ4n) is 4.06. The molecule has 4 aromatic rings. The zero-order valence-electron chi connectivity index (χ0n) is 24.5. The van der Waals surface area contributed by atoms with Crippen molar-refractivity contribution in [2.75, 3.05) is 23.8 Å². The lowest BCUT2D eigenvalue weighted by Gasteiger charge is -2.12. The SMILES string of the molecule is Nc1c(N=Nc2ccc(S(=O)(=O)CCOSOOO)cc2)cc(S(=O)(=O)O)c(N)c1N=Nc1ccc2c(S(=O)(=O)O)cccc2c1SOOO. The van der Waals surface area contributed by atoms with Crippen molar-refractivity contribution in [1.82, 2.24) is 0 Å². The summed E-state index contributed by atoms with van der Waals surface area (Å²) < 4.78 is 106. The Bertz CT molecular complexity index is 2270. The van der Waals surface area contributed by atoms with E-state index in [2.05, 4.69) is 39.2 Å². The van der Waals surface area contributed by atoms with Crippen LogP contribution in [0.1, 0.15) is 0 Å². The fraction of sp³-hybridized carbons (Fsp3) is 0.0833. The molecule has 0 bridgehead atoms. The number of benzene rings is 4. The second-order valence-corrected chi connectivity index (χ2v) is 15.4. The van der Waals surface area contributed by atoms with Gasteiger partial charge in [0.25, 0.3) is 20.2 Å². The Morgan fingerprint density at radius 2 is 1.36 bits per heavy atom. The number of sulfone groups is 1. The number of anilines is 2. The molecule has 0 fully saturated rings. The van der Waals surface area contributed by atoms with Crippen molar-refractivity contribution in [2.24, 2.45) is 20.5 Å². The molecule has 0 radical (unpaired) electrons. The van der Waals surface area contributed by atoms with Crippen LogP contribution < -0.4 is 11.5 Å². The molecule has 50 heavy (non-hydrogen) atoms. The predicted octanol–water partition coefficient (Wildman–Crippen LogP) is 5.53. The average Bonchev–Trinajstić information content (AvgIpc) is 3.05. The first-order valence-corrected chi connectivity index (χ1v) is 18.8. The predicted molar refractivity (Wildman–Crippen MR) is 175 cm³/mol. The summed E-state index contributed by atoms with van der Waals surface area (Å²) in [6.45, 7) is -0.315. The topological polar surface area (TPSA) is 331 Å². The van der Waals surface area contributed by atoms with Crippen LogP contribution in [-0.4, -0.2) is 57.2 Å². The van der Waals surface area contributed by atoms with Gasteiger partial charge in [0.2, 0.25) is 0 Å². The number of azo groups is 2. The molecule has 0 spiro atoms. The molecular weight excluding hydrogens is 773 g/mol. The number of rotatable bonds is 16. The fourth-order valence-corrected chi connectivity index (χ4v) is 7.37. The Morgan fingerprint density at radius 1 is 0.700 bits per heavy atom. The Morgan fingerprint density at radius 3 is 2.00 bits per heavy atom. The quantitative estimate of drug-likeness (QED) is 0.0154. The van der Waals surface area contributed by atoms with E-state index in [1.54, 1.807) is 0 Å². The summed E-state index contributed by atoms with van der Waals surface area (Å²) in [5, 5.41) is 39.7. The molecule has 0 aliphatic rings. The van der Waals surface area contributed by atoms with Crippen LogP contribution in [0.3, 0.4) is 0 Å². The first-order chi connectivity index (χ1) is 23.6. The zero-order valence-corrected chi connectivity index (χ0v) is 28.5. The maximum Gasteiger partial charge on any atom is 0.296 e. The number of hydrogen-bond acceptors (Lipinski definition) is 21. The number of hydrogen-bond donors (Lipinski definition) is 6. The molecule has 4 rings (SSSR count). The van der Waals surface area contributed by atoms with Gasteiger partial charge in [-0.25, -0.2) is 18.9 Å². The summed E-state index contributed by atoms with van der Waals surface area (Å²) in [6.07, 6.45) is 0. The molecule has 26 heteroatoms. The minimum Gasteiger partial charge on any atom is -0.396 e. The Hall–Kier alpha value is -3.87. The molecule has 268 valence electrons. The molecule has 0 aliphatic carbocycles. The van der Waals surface area contributed by atoms with Crippen LogP contribution in [0, 0.1) is 0 Å². The van der Waals surface area contributed by atoms with Gasteiger partial charge in [-0.1, -0.05) is 28.3 Å². The summed E-state index contributed by atoms with van der Waals surface area (Å²) in [5.41, 5.74) is 10.3. The number of nitrogens with zero attached hydrogens (tertiary/aromatic N) is 4. The van der Waals surface area contributed by atoms with Gasteiger partial charge >= 0.3 is 0 Å². The van der Waals surface area contributed by atoms with Crippen LogP contribution in [0.5, 0.6) is 0 Å². The van der Waals surface area contributed by atoms with Crippen molar-refractivity contribution >= 4 is 99.3 Å². The second kappa shape index (κ2) is 16.4. The molecule has 4 aromatic carbocycles. The van der Waals surface area contributed by atoms with E-state index < -0.39 is 57.0 Å². The standard InChI is InChI=1S/C24H22N6O15S5/c25-21-18(29-27-13-4-6-14(7-5-13)48(33,34)11-10-41-47-45-43-32)12-20(50(38,39)40)22(26)23(21)30-28-17-9-8-15-16(24(17)46-44-42-31)2-1-3-19(15)49(35,36)37/h1-9,12,31-32H,10-11,25-26H2,(H,35,36,37)(H,38,39,40). The summed E-state index contributed by atoms with van der Waals surface area (Å²) in [5.74, 6) is -0.458. The van der Waals surface area contributed by atoms with E-state index in [4.69, 9.17) is 26.2 Å². The highest BCUT2D eigenvalue weighted by Gasteiger charge is 2.23. The monoisotopic (exact) mass is 794 g/mol. The van der Waals surface area contributed by atoms with Gasteiger partial charge in [0.1, 0.15) is 26.9 Å². The minimum absolute atomic E-state index is 0.00372. The summed E-state index contributed by atoms with van der Waals surface area (Å²) in [6, 6.07) is 12.1. The maximum absolute atomic E-state index is 12.5. The summed E-state index contributed by atoms with van der Waals surface area (Å²) in [4.78, 5) is -1.44. The van der Waals surface area contributed by atoms with Crippen LogP contribution in [-0.2, 0) is 53.0 Å². The van der Waals surface area contributed by atoms with E-state index in [1.165, 1.54) is 48.5 Å². The van der Waals surface area contributed by atoms with E-state index in [1.807, 2.05) is 0 Å². The minimum atomic E-state index is -5.00. The first-order valence-electron chi connectivity index (χ1n) is 12.9. The van der Waals surface area contributed by atoms with Gasteiger partial charge in [-0.2, -0.15) is 21.9 Å². The van der Waals surface area contributed by atoms with Crippen LogP contribution >= 0.6 is 24.4 Å². The van der Waals surface area contributed by atoms with Crippen molar-refractivity contribution in [3.63, 3.8) is 0 Å². The molecule has 0 aromatic heterocycles. The van der Waals surface area contributed by atoms with E-state index in [9.17, 15) is 34.4 Å². The normalized spacial score (nSPS) is 12.8. The molecule has 21 nitrogen and oxygen atoms in total. The van der Waals surface area contributed by atoms with Crippen molar-refractivity contribution in [3.8, 4) is 0 Å².